The maximum atomic E-state index is 12.8. The highest BCUT2D eigenvalue weighted by Crippen LogP contribution is 2.48. The lowest BCUT2D eigenvalue weighted by molar-refractivity contribution is -0.384. The first kappa shape index (κ1) is 18.1. The number of nitro groups is 1. The van der Waals surface area contributed by atoms with E-state index in [1.54, 1.807) is 17.4 Å². The summed E-state index contributed by atoms with van der Waals surface area (Å²) in [6, 6.07) is 5.68. The monoisotopic (exact) mass is 385 g/mol. The Morgan fingerprint density at radius 3 is 2.81 bits per heavy atom. The highest BCUT2D eigenvalue weighted by Gasteiger charge is 2.40. The van der Waals surface area contributed by atoms with E-state index >= 15 is 0 Å². The van der Waals surface area contributed by atoms with Crippen molar-refractivity contribution in [2.24, 2.45) is 5.92 Å². The zero-order valence-corrected chi connectivity index (χ0v) is 16.3. The average molecular weight is 385 g/mol. The molecule has 0 saturated heterocycles. The fraction of sp³-hybridized carbons (Fsp3) is 0.450. The summed E-state index contributed by atoms with van der Waals surface area (Å²) >= 11 is 1.80. The number of amides is 1. The molecule has 27 heavy (non-hydrogen) atoms. The Balaban J connectivity index is 1.54. The Bertz CT molecular complexity index is 904. The SMILES string of the molecule is Cc1ccc([N+](=O)[O-])c(NC(=O)CN2CCc3sccc3[C@H]2C2CC2)c1C. The largest absolute Gasteiger partial charge is 0.319 e. The minimum atomic E-state index is -0.437. The van der Waals surface area contributed by atoms with Crippen LogP contribution >= 0.6 is 11.3 Å². The first-order chi connectivity index (χ1) is 13.0. The van der Waals surface area contributed by atoms with Gasteiger partial charge in [-0.05, 0) is 67.2 Å². The lowest BCUT2D eigenvalue weighted by Gasteiger charge is -2.35. The predicted molar refractivity (Wildman–Crippen MR) is 106 cm³/mol. The molecule has 4 rings (SSSR count). The topological polar surface area (TPSA) is 75.5 Å². The zero-order chi connectivity index (χ0) is 19.1. The number of fused-ring (bicyclic) bond motifs is 1. The summed E-state index contributed by atoms with van der Waals surface area (Å²) in [6.07, 6.45) is 3.38. The highest BCUT2D eigenvalue weighted by molar-refractivity contribution is 7.10. The van der Waals surface area contributed by atoms with Crippen molar-refractivity contribution in [2.75, 3.05) is 18.4 Å². The first-order valence-corrected chi connectivity index (χ1v) is 10.2. The number of aryl methyl sites for hydroxylation is 1. The quantitative estimate of drug-likeness (QED) is 0.618. The third kappa shape index (κ3) is 3.49. The number of nitrogens with one attached hydrogen (secondary N) is 1. The van der Waals surface area contributed by atoms with Crippen molar-refractivity contribution in [3.63, 3.8) is 0 Å². The molecule has 1 fully saturated rings. The van der Waals surface area contributed by atoms with Gasteiger partial charge in [-0.2, -0.15) is 0 Å². The molecule has 1 aromatic carbocycles. The molecule has 1 saturated carbocycles. The van der Waals surface area contributed by atoms with Gasteiger partial charge in [0.15, 0.2) is 0 Å². The summed E-state index contributed by atoms with van der Waals surface area (Å²) < 4.78 is 0. The maximum absolute atomic E-state index is 12.8. The Morgan fingerprint density at radius 1 is 1.33 bits per heavy atom. The summed E-state index contributed by atoms with van der Waals surface area (Å²) in [7, 11) is 0. The van der Waals surface area contributed by atoms with Gasteiger partial charge in [0.2, 0.25) is 5.91 Å². The molecular formula is C20H23N3O3S. The Labute approximate surface area is 162 Å². The molecule has 2 heterocycles. The van der Waals surface area contributed by atoms with Crippen LogP contribution in [0.5, 0.6) is 0 Å². The molecule has 1 aliphatic heterocycles. The smallest absolute Gasteiger partial charge is 0.293 e. The van der Waals surface area contributed by atoms with Gasteiger partial charge in [0.25, 0.3) is 5.69 Å². The van der Waals surface area contributed by atoms with Gasteiger partial charge in [-0.15, -0.1) is 11.3 Å². The van der Waals surface area contributed by atoms with E-state index in [2.05, 4.69) is 21.7 Å². The lowest BCUT2D eigenvalue weighted by Crippen LogP contribution is -2.41. The van der Waals surface area contributed by atoms with Crippen LogP contribution in [0.25, 0.3) is 0 Å². The summed E-state index contributed by atoms with van der Waals surface area (Å²) in [4.78, 5) is 27.4. The summed E-state index contributed by atoms with van der Waals surface area (Å²) in [5, 5.41) is 16.3. The number of nitro benzene ring substituents is 1. The van der Waals surface area contributed by atoms with Crippen molar-refractivity contribution in [2.45, 2.75) is 39.2 Å². The summed E-state index contributed by atoms with van der Waals surface area (Å²) in [5.41, 5.74) is 3.31. The lowest BCUT2D eigenvalue weighted by atomic mass is 9.96. The minimum absolute atomic E-state index is 0.0519. The van der Waals surface area contributed by atoms with Gasteiger partial charge >= 0.3 is 0 Å². The second kappa shape index (κ2) is 7.05. The Morgan fingerprint density at radius 2 is 2.11 bits per heavy atom. The number of nitrogens with zero attached hydrogens (tertiary/aromatic N) is 2. The van der Waals surface area contributed by atoms with E-state index in [9.17, 15) is 14.9 Å². The number of carbonyl (C=O) groups excluding carboxylic acids is 1. The van der Waals surface area contributed by atoms with E-state index in [1.807, 2.05) is 13.8 Å². The van der Waals surface area contributed by atoms with Gasteiger partial charge in [0.1, 0.15) is 5.69 Å². The molecule has 7 heteroatoms. The molecule has 1 N–H and O–H groups in total. The predicted octanol–water partition coefficient (Wildman–Crippen LogP) is 4.22. The van der Waals surface area contributed by atoms with Gasteiger partial charge in [-0.1, -0.05) is 6.07 Å². The molecule has 0 bridgehead atoms. The van der Waals surface area contributed by atoms with Crippen LogP contribution in [0.4, 0.5) is 11.4 Å². The van der Waals surface area contributed by atoms with Crippen molar-refractivity contribution in [3.8, 4) is 0 Å². The molecule has 1 aliphatic carbocycles. The molecule has 6 nitrogen and oxygen atoms in total. The standard InChI is InChI=1S/C20H23N3O3S/c1-12-3-6-16(23(25)26)19(13(12)2)21-18(24)11-22-9-7-17-15(8-10-27-17)20(22)14-4-5-14/h3,6,8,10,14,20H,4-5,7,9,11H2,1-2H3,(H,21,24)/t20-/m1/s1. The summed E-state index contributed by atoms with van der Waals surface area (Å²) in [5.74, 6) is 0.442. The molecule has 0 spiro atoms. The van der Waals surface area contributed by atoms with E-state index in [0.29, 0.717) is 17.6 Å². The van der Waals surface area contributed by atoms with Crippen LogP contribution in [0.2, 0.25) is 0 Å². The van der Waals surface area contributed by atoms with Crippen LogP contribution in [-0.2, 0) is 11.2 Å². The van der Waals surface area contributed by atoms with E-state index in [0.717, 1.165) is 24.1 Å². The van der Waals surface area contributed by atoms with Crippen LogP contribution in [0, 0.1) is 29.9 Å². The molecular weight excluding hydrogens is 362 g/mol. The molecule has 0 unspecified atom stereocenters. The van der Waals surface area contributed by atoms with Gasteiger partial charge in [0, 0.05) is 23.5 Å². The molecule has 142 valence electrons. The normalized spacial score (nSPS) is 19.6. The van der Waals surface area contributed by atoms with Crippen LogP contribution < -0.4 is 5.32 Å². The molecule has 1 aromatic heterocycles. The highest BCUT2D eigenvalue weighted by atomic mass is 32.1. The van der Waals surface area contributed by atoms with Gasteiger partial charge in [-0.3, -0.25) is 19.8 Å². The summed E-state index contributed by atoms with van der Waals surface area (Å²) in [6.45, 7) is 4.82. The fourth-order valence-electron chi connectivity index (χ4n) is 4.01. The molecule has 1 amide bonds. The fourth-order valence-corrected chi connectivity index (χ4v) is 4.93. The number of benzene rings is 1. The van der Waals surface area contributed by atoms with E-state index in [-0.39, 0.29) is 18.1 Å². The third-order valence-electron chi connectivity index (χ3n) is 5.71. The van der Waals surface area contributed by atoms with Crippen molar-refractivity contribution in [1.29, 1.82) is 0 Å². The van der Waals surface area contributed by atoms with E-state index in [4.69, 9.17) is 0 Å². The molecule has 2 aliphatic rings. The average Bonchev–Trinajstić information content (AvgIpc) is 3.34. The molecule has 1 atom stereocenters. The number of hydrogen-bond donors (Lipinski definition) is 1. The van der Waals surface area contributed by atoms with Crippen molar-refractivity contribution in [1.82, 2.24) is 4.90 Å². The minimum Gasteiger partial charge on any atom is -0.319 e. The van der Waals surface area contributed by atoms with E-state index < -0.39 is 4.92 Å². The van der Waals surface area contributed by atoms with Crippen LogP contribution in [0.3, 0.4) is 0 Å². The second-order valence-electron chi connectivity index (χ2n) is 7.51. The Kier molecular flexibility index (Phi) is 4.74. The van der Waals surface area contributed by atoms with Gasteiger partial charge in [0.05, 0.1) is 11.5 Å². The zero-order valence-electron chi connectivity index (χ0n) is 15.5. The molecule has 2 aromatic rings. The van der Waals surface area contributed by atoms with E-state index in [1.165, 1.54) is 29.3 Å². The van der Waals surface area contributed by atoms with Gasteiger partial charge in [-0.25, -0.2) is 0 Å². The maximum Gasteiger partial charge on any atom is 0.293 e. The van der Waals surface area contributed by atoms with Crippen molar-refractivity contribution >= 4 is 28.6 Å². The van der Waals surface area contributed by atoms with Crippen LogP contribution in [-0.4, -0.2) is 28.8 Å². The van der Waals surface area contributed by atoms with Crippen LogP contribution in [0.1, 0.15) is 40.5 Å². The van der Waals surface area contributed by atoms with Crippen molar-refractivity contribution < 1.29 is 9.72 Å². The number of thiophene rings is 1. The number of carbonyl (C=O) groups is 1. The Hall–Kier alpha value is -2.25. The third-order valence-corrected chi connectivity index (χ3v) is 6.70. The first-order valence-electron chi connectivity index (χ1n) is 9.30. The number of rotatable bonds is 5. The van der Waals surface area contributed by atoms with Gasteiger partial charge < -0.3 is 5.32 Å². The number of anilines is 1. The van der Waals surface area contributed by atoms with Crippen molar-refractivity contribution in [3.05, 3.63) is 55.3 Å². The second-order valence-corrected chi connectivity index (χ2v) is 8.51. The van der Waals surface area contributed by atoms with Crippen LogP contribution in [0.15, 0.2) is 23.6 Å². The number of hydrogen-bond acceptors (Lipinski definition) is 5. The molecule has 0 radical (unpaired) electrons.